The molecule has 0 unspecified atom stereocenters. The Hall–Kier alpha value is -3.04. The molecular weight excluding hydrogens is 394 g/mol. The first-order valence-electron chi connectivity index (χ1n) is 10.8. The zero-order chi connectivity index (χ0) is 21.2. The predicted octanol–water partition coefficient (Wildman–Crippen LogP) is 2.16. The fraction of sp³-hybridized carbons (Fsp3) is 0.455. The molecule has 2 aliphatic heterocycles. The second-order valence-electron chi connectivity index (χ2n) is 8.17. The number of morpholine rings is 1. The number of amides is 1. The number of nitrogens with one attached hydrogen (secondary N) is 1. The molecule has 5 rings (SSSR count). The minimum absolute atomic E-state index is 0.341. The van der Waals surface area contributed by atoms with E-state index in [-0.39, 0.29) is 0 Å². The third-order valence-corrected chi connectivity index (χ3v) is 6.15. The number of anilines is 2. The van der Waals surface area contributed by atoms with Gasteiger partial charge in [0.25, 0.3) is 0 Å². The highest BCUT2D eigenvalue weighted by Gasteiger charge is 2.24. The zero-order valence-electron chi connectivity index (χ0n) is 17.7. The van der Waals surface area contributed by atoms with Crippen LogP contribution in [0.5, 0.6) is 0 Å². The number of piperidine rings is 1. The number of rotatable bonds is 5. The van der Waals surface area contributed by atoms with E-state index < -0.39 is 0 Å². The van der Waals surface area contributed by atoms with Gasteiger partial charge in [-0.25, -0.2) is 9.67 Å². The maximum atomic E-state index is 10.7. The van der Waals surface area contributed by atoms with Crippen molar-refractivity contribution in [2.24, 2.45) is 0 Å². The summed E-state index contributed by atoms with van der Waals surface area (Å²) >= 11 is 0. The third kappa shape index (κ3) is 3.98. The van der Waals surface area contributed by atoms with Crippen molar-refractivity contribution >= 4 is 29.1 Å². The molecule has 0 bridgehead atoms. The summed E-state index contributed by atoms with van der Waals surface area (Å²) in [5, 5.41) is 8.39. The van der Waals surface area contributed by atoms with E-state index in [0.29, 0.717) is 25.7 Å². The molecule has 9 nitrogen and oxygen atoms in total. The summed E-state index contributed by atoms with van der Waals surface area (Å²) in [4.78, 5) is 25.2. The highest BCUT2D eigenvalue weighted by atomic mass is 16.5. The fourth-order valence-corrected chi connectivity index (χ4v) is 4.34. The Kier molecular flexibility index (Phi) is 5.52. The molecule has 1 amide bonds. The van der Waals surface area contributed by atoms with Gasteiger partial charge in [0.15, 0.2) is 5.65 Å². The van der Waals surface area contributed by atoms with Crippen molar-refractivity contribution in [2.75, 3.05) is 56.7 Å². The third-order valence-electron chi connectivity index (χ3n) is 6.15. The van der Waals surface area contributed by atoms with Crippen molar-refractivity contribution in [3.8, 4) is 11.3 Å². The number of carbonyl (C=O) groups is 1. The molecule has 1 aromatic carbocycles. The number of carbonyl (C=O) groups excluding carboxylic acids is 1. The summed E-state index contributed by atoms with van der Waals surface area (Å²) in [5.74, 6) is 0.718. The van der Waals surface area contributed by atoms with Crippen molar-refractivity contribution in [1.82, 2.24) is 24.6 Å². The molecule has 0 aliphatic carbocycles. The van der Waals surface area contributed by atoms with Crippen molar-refractivity contribution in [1.29, 1.82) is 0 Å². The molecule has 0 atom stereocenters. The maximum absolute atomic E-state index is 10.7. The van der Waals surface area contributed by atoms with E-state index in [2.05, 4.69) is 26.8 Å². The molecule has 162 valence electrons. The lowest BCUT2D eigenvalue weighted by atomic mass is 10.1. The van der Waals surface area contributed by atoms with E-state index in [1.165, 1.54) is 0 Å². The molecule has 2 aromatic heterocycles. The van der Waals surface area contributed by atoms with Crippen LogP contribution in [0.4, 0.5) is 11.6 Å². The summed E-state index contributed by atoms with van der Waals surface area (Å²) in [7, 11) is 2.16. The number of benzene rings is 1. The largest absolute Gasteiger partial charge is 0.378 e. The van der Waals surface area contributed by atoms with Crippen LogP contribution in [0.15, 0.2) is 30.5 Å². The van der Waals surface area contributed by atoms with Gasteiger partial charge in [0.2, 0.25) is 12.4 Å². The first-order valence-corrected chi connectivity index (χ1v) is 10.8. The molecule has 0 spiro atoms. The summed E-state index contributed by atoms with van der Waals surface area (Å²) in [6.45, 7) is 5.02. The van der Waals surface area contributed by atoms with Crippen LogP contribution in [0.25, 0.3) is 22.3 Å². The number of ether oxygens (including phenoxy) is 1. The lowest BCUT2D eigenvalue weighted by molar-refractivity contribution is -0.105. The number of fused-ring (bicyclic) bond motifs is 1. The summed E-state index contributed by atoms with van der Waals surface area (Å²) in [6, 6.07) is 8.06. The molecule has 9 heteroatoms. The van der Waals surface area contributed by atoms with Crippen LogP contribution in [0.2, 0.25) is 0 Å². The van der Waals surface area contributed by atoms with Crippen LogP contribution in [-0.4, -0.2) is 77.5 Å². The van der Waals surface area contributed by atoms with Crippen LogP contribution in [0, 0.1) is 0 Å². The van der Waals surface area contributed by atoms with Crippen LogP contribution in [0.3, 0.4) is 0 Å². The van der Waals surface area contributed by atoms with Gasteiger partial charge in [0.1, 0.15) is 0 Å². The lowest BCUT2D eigenvalue weighted by Crippen LogP contribution is -2.37. The predicted molar refractivity (Wildman–Crippen MR) is 119 cm³/mol. The van der Waals surface area contributed by atoms with E-state index in [1.807, 2.05) is 30.5 Å². The number of hydrogen-bond acceptors (Lipinski definition) is 7. The molecule has 31 heavy (non-hydrogen) atoms. The average Bonchev–Trinajstić information content (AvgIpc) is 3.24. The van der Waals surface area contributed by atoms with Gasteiger partial charge in [0.05, 0.1) is 36.5 Å². The Morgan fingerprint density at radius 1 is 1.06 bits per heavy atom. The van der Waals surface area contributed by atoms with E-state index in [1.54, 1.807) is 0 Å². The van der Waals surface area contributed by atoms with Crippen molar-refractivity contribution in [2.45, 2.75) is 18.9 Å². The van der Waals surface area contributed by atoms with Gasteiger partial charge < -0.3 is 19.9 Å². The Bertz CT molecular complexity index is 1050. The molecule has 3 aromatic rings. The van der Waals surface area contributed by atoms with Crippen LogP contribution in [-0.2, 0) is 9.53 Å². The van der Waals surface area contributed by atoms with Crippen LogP contribution >= 0.6 is 0 Å². The minimum atomic E-state index is 0.341. The van der Waals surface area contributed by atoms with E-state index >= 15 is 0 Å². The number of likely N-dealkylation sites (tertiary alicyclic amines) is 1. The van der Waals surface area contributed by atoms with Gasteiger partial charge in [-0.15, -0.1) is 0 Å². The highest BCUT2D eigenvalue weighted by molar-refractivity contribution is 5.91. The Morgan fingerprint density at radius 2 is 1.81 bits per heavy atom. The topological polar surface area (TPSA) is 88.4 Å². The Labute approximate surface area is 181 Å². The van der Waals surface area contributed by atoms with Gasteiger partial charge in [-0.2, -0.15) is 10.1 Å². The van der Waals surface area contributed by atoms with Crippen molar-refractivity contribution < 1.29 is 9.53 Å². The first kappa shape index (κ1) is 19.9. The van der Waals surface area contributed by atoms with Gasteiger partial charge in [0, 0.05) is 24.3 Å². The molecule has 2 saturated heterocycles. The number of aromatic nitrogens is 4. The molecule has 2 fully saturated rings. The van der Waals surface area contributed by atoms with Crippen molar-refractivity contribution in [3.05, 3.63) is 30.5 Å². The van der Waals surface area contributed by atoms with Crippen LogP contribution < -0.4 is 10.2 Å². The Morgan fingerprint density at radius 3 is 2.52 bits per heavy atom. The second kappa shape index (κ2) is 8.60. The molecule has 2 aliphatic rings. The SMILES string of the molecule is CN1CCC(n2ncc3c(-c4ccc(NC=O)cc4)nc(N4CCOCC4)nc32)CC1. The standard InChI is InChI=1S/C22H27N7O2/c1-27-8-6-18(7-9-27)29-21-19(14-24-29)20(16-2-4-17(5-3-16)23-15-30)25-22(26-21)28-10-12-31-13-11-28/h2-5,14-15,18H,6-13H2,1H3,(H,23,30). The van der Waals surface area contributed by atoms with E-state index in [4.69, 9.17) is 19.8 Å². The van der Waals surface area contributed by atoms with Gasteiger partial charge >= 0.3 is 0 Å². The molecule has 0 radical (unpaired) electrons. The average molecular weight is 422 g/mol. The van der Waals surface area contributed by atoms with Gasteiger partial charge in [-0.1, -0.05) is 12.1 Å². The molecule has 4 heterocycles. The molecule has 1 N–H and O–H groups in total. The van der Waals surface area contributed by atoms with Crippen molar-refractivity contribution in [3.63, 3.8) is 0 Å². The monoisotopic (exact) mass is 421 g/mol. The van der Waals surface area contributed by atoms with Gasteiger partial charge in [-0.3, -0.25) is 4.79 Å². The minimum Gasteiger partial charge on any atom is -0.378 e. The maximum Gasteiger partial charge on any atom is 0.228 e. The zero-order valence-corrected chi connectivity index (χ0v) is 17.7. The lowest BCUT2D eigenvalue weighted by Gasteiger charge is -2.30. The first-order chi connectivity index (χ1) is 15.2. The number of hydrogen-bond donors (Lipinski definition) is 1. The highest BCUT2D eigenvalue weighted by Crippen LogP contribution is 2.32. The summed E-state index contributed by atoms with van der Waals surface area (Å²) in [6.07, 6.45) is 4.70. The summed E-state index contributed by atoms with van der Waals surface area (Å²) in [5.41, 5.74) is 3.47. The molecule has 0 saturated carbocycles. The smallest absolute Gasteiger partial charge is 0.228 e. The molecular formula is C22H27N7O2. The normalized spacial score (nSPS) is 18.4. The van der Waals surface area contributed by atoms with E-state index in [9.17, 15) is 4.79 Å². The number of nitrogens with zero attached hydrogens (tertiary/aromatic N) is 6. The summed E-state index contributed by atoms with van der Waals surface area (Å²) < 4.78 is 7.62. The fourth-order valence-electron chi connectivity index (χ4n) is 4.34. The second-order valence-corrected chi connectivity index (χ2v) is 8.17. The van der Waals surface area contributed by atoms with E-state index in [0.717, 1.165) is 72.9 Å². The quantitative estimate of drug-likeness (QED) is 0.632. The van der Waals surface area contributed by atoms with Gasteiger partial charge in [-0.05, 0) is 45.1 Å². The van der Waals surface area contributed by atoms with Crippen LogP contribution in [0.1, 0.15) is 18.9 Å². The Balaban J connectivity index is 1.60.